The van der Waals surface area contributed by atoms with E-state index in [2.05, 4.69) is 15.5 Å². The molecule has 0 aliphatic carbocycles. The molecule has 0 saturated carbocycles. The van der Waals surface area contributed by atoms with Crippen molar-refractivity contribution in [2.75, 3.05) is 7.11 Å². The maximum atomic E-state index is 13.2. The lowest BCUT2D eigenvalue weighted by Crippen LogP contribution is -2.24. The molecule has 2 aromatic carbocycles. The van der Waals surface area contributed by atoms with Gasteiger partial charge in [-0.05, 0) is 42.5 Å². The number of H-pyrrole nitrogens is 1. The molecular formula is C17H15FN4O2S. The van der Waals surface area contributed by atoms with E-state index in [0.717, 1.165) is 0 Å². The monoisotopic (exact) mass is 358 g/mol. The zero-order valence-corrected chi connectivity index (χ0v) is 14.1. The first-order valence-corrected chi connectivity index (χ1v) is 7.84. The lowest BCUT2D eigenvalue weighted by atomic mass is 10.2. The van der Waals surface area contributed by atoms with Crippen LogP contribution in [0.3, 0.4) is 0 Å². The summed E-state index contributed by atoms with van der Waals surface area (Å²) in [5.74, 6) is 0.251. The lowest BCUT2D eigenvalue weighted by Gasteiger charge is -2.11. The highest BCUT2D eigenvalue weighted by Crippen LogP contribution is 2.23. The first kappa shape index (κ1) is 16.8. The first-order chi connectivity index (χ1) is 12.1. The van der Waals surface area contributed by atoms with Gasteiger partial charge in [0.25, 0.3) is 5.91 Å². The van der Waals surface area contributed by atoms with Crippen molar-refractivity contribution in [1.29, 1.82) is 0 Å². The summed E-state index contributed by atoms with van der Waals surface area (Å²) in [4.78, 5) is 12.2. The number of ether oxygens (including phenoxy) is 1. The zero-order valence-electron chi connectivity index (χ0n) is 13.3. The molecule has 1 heterocycles. The molecule has 6 nitrogen and oxygen atoms in total. The number of hydrogen-bond acceptors (Lipinski definition) is 4. The summed E-state index contributed by atoms with van der Waals surface area (Å²) >= 11 is 5.28. The molecule has 0 atom stereocenters. The number of amides is 1. The number of aromatic nitrogens is 3. The van der Waals surface area contributed by atoms with Gasteiger partial charge in [0.15, 0.2) is 10.6 Å². The van der Waals surface area contributed by atoms with E-state index in [0.29, 0.717) is 22.0 Å². The van der Waals surface area contributed by atoms with Crippen molar-refractivity contribution in [3.63, 3.8) is 0 Å². The molecule has 3 rings (SSSR count). The van der Waals surface area contributed by atoms with Gasteiger partial charge in [-0.1, -0.05) is 18.2 Å². The Bertz CT molecular complexity index is 967. The average Bonchev–Trinajstić information content (AvgIpc) is 3.00. The van der Waals surface area contributed by atoms with Gasteiger partial charge < -0.3 is 10.1 Å². The summed E-state index contributed by atoms with van der Waals surface area (Å²) in [5.41, 5.74) is 0.941. The van der Waals surface area contributed by atoms with Crippen LogP contribution in [0.1, 0.15) is 16.2 Å². The number of nitrogens with one attached hydrogen (secondary N) is 2. The highest BCUT2D eigenvalue weighted by Gasteiger charge is 2.14. The van der Waals surface area contributed by atoms with Crippen molar-refractivity contribution < 1.29 is 13.9 Å². The van der Waals surface area contributed by atoms with Crippen molar-refractivity contribution >= 4 is 18.1 Å². The van der Waals surface area contributed by atoms with Crippen LogP contribution in [0.15, 0.2) is 48.5 Å². The number of halogens is 1. The Labute approximate surface area is 148 Å². The third-order valence-electron chi connectivity index (χ3n) is 3.56. The van der Waals surface area contributed by atoms with Crippen LogP contribution < -0.4 is 10.1 Å². The summed E-state index contributed by atoms with van der Waals surface area (Å²) in [7, 11) is 1.56. The van der Waals surface area contributed by atoms with E-state index < -0.39 is 11.7 Å². The number of rotatable bonds is 5. The van der Waals surface area contributed by atoms with Crippen LogP contribution in [0.5, 0.6) is 5.75 Å². The number of carbonyl (C=O) groups excluding carboxylic acids is 1. The summed E-state index contributed by atoms with van der Waals surface area (Å²) in [6.45, 7) is 0.112. The van der Waals surface area contributed by atoms with E-state index in [-0.39, 0.29) is 12.1 Å². The number of methoxy groups -OCH3 is 1. The number of hydrogen-bond donors (Lipinski definition) is 2. The minimum Gasteiger partial charge on any atom is -0.495 e. The van der Waals surface area contributed by atoms with Crippen molar-refractivity contribution in [3.8, 4) is 11.4 Å². The van der Waals surface area contributed by atoms with E-state index in [1.807, 2.05) is 18.2 Å². The van der Waals surface area contributed by atoms with Gasteiger partial charge in [-0.15, -0.1) is 0 Å². The molecular weight excluding hydrogens is 343 g/mol. The van der Waals surface area contributed by atoms with Gasteiger partial charge in [0.05, 0.1) is 19.3 Å². The molecule has 2 N–H and O–H groups in total. The zero-order chi connectivity index (χ0) is 17.8. The van der Waals surface area contributed by atoms with Crippen LogP contribution in [-0.4, -0.2) is 27.8 Å². The van der Waals surface area contributed by atoms with Gasteiger partial charge >= 0.3 is 0 Å². The van der Waals surface area contributed by atoms with Crippen LogP contribution in [0, 0.1) is 10.6 Å². The molecule has 0 unspecified atom stereocenters. The summed E-state index contributed by atoms with van der Waals surface area (Å²) in [6, 6.07) is 12.8. The number of benzene rings is 2. The van der Waals surface area contributed by atoms with Gasteiger partial charge in [-0.25, -0.2) is 4.39 Å². The van der Waals surface area contributed by atoms with E-state index >= 15 is 0 Å². The SMILES string of the molecule is COc1ccccc1-n1c(CNC(=O)c2cccc(F)c2)n[nH]c1=S. The van der Waals surface area contributed by atoms with Gasteiger partial charge in [-0.3, -0.25) is 14.5 Å². The molecule has 0 aliphatic heterocycles. The van der Waals surface area contributed by atoms with Gasteiger partial charge in [-0.2, -0.15) is 5.10 Å². The second-order valence-electron chi connectivity index (χ2n) is 5.15. The molecule has 0 radical (unpaired) electrons. The largest absolute Gasteiger partial charge is 0.495 e. The predicted molar refractivity (Wildman–Crippen MR) is 92.9 cm³/mol. The summed E-state index contributed by atoms with van der Waals surface area (Å²) in [6.07, 6.45) is 0. The molecule has 8 heteroatoms. The van der Waals surface area contributed by atoms with E-state index in [1.165, 1.54) is 24.3 Å². The highest BCUT2D eigenvalue weighted by atomic mass is 32.1. The molecule has 1 amide bonds. The quantitative estimate of drug-likeness (QED) is 0.688. The second kappa shape index (κ2) is 7.27. The van der Waals surface area contributed by atoms with Crippen LogP contribution in [0.2, 0.25) is 0 Å². The number of para-hydroxylation sites is 2. The van der Waals surface area contributed by atoms with Gasteiger partial charge in [0.2, 0.25) is 0 Å². The number of aromatic amines is 1. The Kier molecular flexibility index (Phi) is 4.90. The Balaban J connectivity index is 1.85. The van der Waals surface area contributed by atoms with E-state index in [1.54, 1.807) is 17.7 Å². The topological polar surface area (TPSA) is 71.9 Å². The normalized spacial score (nSPS) is 10.5. The molecule has 25 heavy (non-hydrogen) atoms. The number of nitrogens with zero attached hydrogens (tertiary/aromatic N) is 2. The fourth-order valence-electron chi connectivity index (χ4n) is 2.40. The molecule has 3 aromatic rings. The van der Waals surface area contributed by atoms with Crippen LogP contribution in [0.25, 0.3) is 5.69 Å². The average molecular weight is 358 g/mol. The first-order valence-electron chi connectivity index (χ1n) is 7.43. The minimum absolute atomic E-state index is 0.112. The molecule has 0 spiro atoms. The predicted octanol–water partition coefficient (Wildman–Crippen LogP) is 3.01. The summed E-state index contributed by atoms with van der Waals surface area (Å²) in [5, 5.41) is 9.57. The minimum atomic E-state index is -0.468. The molecule has 0 bridgehead atoms. The van der Waals surface area contributed by atoms with Gasteiger partial charge in [0.1, 0.15) is 11.6 Å². The lowest BCUT2D eigenvalue weighted by molar-refractivity contribution is 0.0949. The van der Waals surface area contributed by atoms with Crippen LogP contribution in [-0.2, 0) is 6.54 Å². The maximum absolute atomic E-state index is 13.2. The fourth-order valence-corrected chi connectivity index (χ4v) is 2.65. The highest BCUT2D eigenvalue weighted by molar-refractivity contribution is 7.71. The van der Waals surface area contributed by atoms with Crippen molar-refractivity contribution in [2.24, 2.45) is 0 Å². The Hall–Kier alpha value is -3.00. The van der Waals surface area contributed by atoms with Crippen LogP contribution >= 0.6 is 12.2 Å². The van der Waals surface area contributed by atoms with Crippen molar-refractivity contribution in [1.82, 2.24) is 20.1 Å². The maximum Gasteiger partial charge on any atom is 0.251 e. The Morgan fingerprint density at radius 1 is 1.32 bits per heavy atom. The molecule has 128 valence electrons. The molecule has 0 aliphatic rings. The van der Waals surface area contributed by atoms with E-state index in [9.17, 15) is 9.18 Å². The third-order valence-corrected chi connectivity index (χ3v) is 3.84. The number of carbonyl (C=O) groups is 1. The Morgan fingerprint density at radius 3 is 2.88 bits per heavy atom. The Morgan fingerprint density at radius 2 is 2.12 bits per heavy atom. The smallest absolute Gasteiger partial charge is 0.251 e. The molecule has 1 aromatic heterocycles. The van der Waals surface area contributed by atoms with Crippen LogP contribution in [0.4, 0.5) is 4.39 Å². The molecule has 0 fully saturated rings. The molecule has 0 saturated heterocycles. The summed E-state index contributed by atoms with van der Waals surface area (Å²) < 4.78 is 20.6. The second-order valence-corrected chi connectivity index (χ2v) is 5.53. The van der Waals surface area contributed by atoms with E-state index in [4.69, 9.17) is 17.0 Å². The standard InChI is InChI=1S/C17H15FN4O2S/c1-24-14-8-3-2-7-13(14)22-15(20-21-17(22)25)10-19-16(23)11-5-4-6-12(18)9-11/h2-9H,10H2,1H3,(H,19,23)(H,21,25). The third kappa shape index (κ3) is 3.58. The van der Waals surface area contributed by atoms with Gasteiger partial charge in [0, 0.05) is 5.56 Å². The van der Waals surface area contributed by atoms with Crippen molar-refractivity contribution in [2.45, 2.75) is 6.54 Å². The fraction of sp³-hybridized carbons (Fsp3) is 0.118. The van der Waals surface area contributed by atoms with Crippen molar-refractivity contribution in [3.05, 3.63) is 70.5 Å².